The summed E-state index contributed by atoms with van der Waals surface area (Å²) in [7, 11) is 4.08. The summed E-state index contributed by atoms with van der Waals surface area (Å²) < 4.78 is 0. The summed E-state index contributed by atoms with van der Waals surface area (Å²) in [6.07, 6.45) is 0.806. The Balaban J connectivity index is 2.52. The van der Waals surface area contributed by atoms with Gasteiger partial charge in [0.15, 0.2) is 0 Å². The minimum Gasteiger partial charge on any atom is -0.396 e. The lowest BCUT2D eigenvalue weighted by molar-refractivity contribution is 0.284. The molecule has 0 aliphatic heterocycles. The summed E-state index contributed by atoms with van der Waals surface area (Å²) in [5.41, 5.74) is 2.50. The first-order chi connectivity index (χ1) is 7.65. The van der Waals surface area contributed by atoms with Gasteiger partial charge in [0.2, 0.25) is 0 Å². The van der Waals surface area contributed by atoms with Crippen molar-refractivity contribution in [2.24, 2.45) is 0 Å². The molecule has 1 rings (SSSR count). The summed E-state index contributed by atoms with van der Waals surface area (Å²) in [6, 6.07) is 8.87. The lowest BCUT2D eigenvalue weighted by atomic mass is 10.1. The Labute approximate surface area is 98.1 Å². The van der Waals surface area contributed by atoms with Crippen LogP contribution in [0.3, 0.4) is 0 Å². The molecule has 0 aliphatic carbocycles. The van der Waals surface area contributed by atoms with Crippen LogP contribution in [0.15, 0.2) is 24.3 Å². The third-order valence-electron chi connectivity index (χ3n) is 2.69. The molecule has 1 aromatic carbocycles. The van der Waals surface area contributed by atoms with Gasteiger partial charge in [-0.2, -0.15) is 0 Å². The Bertz CT molecular complexity index is 295. The van der Waals surface area contributed by atoms with E-state index in [1.807, 2.05) is 14.1 Å². The van der Waals surface area contributed by atoms with Crippen LogP contribution in [0, 0.1) is 0 Å². The highest BCUT2D eigenvalue weighted by atomic mass is 16.3. The van der Waals surface area contributed by atoms with E-state index in [0.29, 0.717) is 6.04 Å². The van der Waals surface area contributed by atoms with Crippen LogP contribution in [0.2, 0.25) is 0 Å². The molecule has 16 heavy (non-hydrogen) atoms. The fourth-order valence-electron chi connectivity index (χ4n) is 1.58. The summed E-state index contributed by atoms with van der Waals surface area (Å²) in [4.78, 5) is 2.09. The van der Waals surface area contributed by atoms with Crippen LogP contribution >= 0.6 is 0 Å². The van der Waals surface area contributed by atoms with E-state index in [1.165, 1.54) is 11.3 Å². The quantitative estimate of drug-likeness (QED) is 0.720. The van der Waals surface area contributed by atoms with Crippen LogP contribution in [0.1, 0.15) is 24.9 Å². The van der Waals surface area contributed by atoms with Gasteiger partial charge in [0.05, 0.1) is 0 Å². The summed E-state index contributed by atoms with van der Waals surface area (Å²) in [6.45, 7) is 3.24. The fraction of sp³-hybridized carbons (Fsp3) is 0.538. The Kier molecular flexibility index (Phi) is 5.29. The first-order valence-corrected chi connectivity index (χ1v) is 5.76. The predicted molar refractivity (Wildman–Crippen MR) is 68.9 cm³/mol. The number of benzene rings is 1. The number of rotatable bonds is 6. The smallest absolute Gasteiger partial charge is 0.0443 e. The SMILES string of the molecule is CC(NCCCO)c1ccc(N(C)C)cc1. The second kappa shape index (κ2) is 6.51. The van der Waals surface area contributed by atoms with Crippen LogP contribution < -0.4 is 10.2 Å². The first kappa shape index (κ1) is 13.0. The van der Waals surface area contributed by atoms with Crippen molar-refractivity contribution in [3.05, 3.63) is 29.8 Å². The maximum Gasteiger partial charge on any atom is 0.0443 e. The van der Waals surface area contributed by atoms with Crippen LogP contribution in [-0.2, 0) is 0 Å². The Morgan fingerprint density at radius 3 is 2.38 bits per heavy atom. The highest BCUT2D eigenvalue weighted by Crippen LogP contribution is 2.17. The van der Waals surface area contributed by atoms with E-state index in [-0.39, 0.29) is 6.61 Å². The molecule has 0 saturated carbocycles. The number of aliphatic hydroxyl groups is 1. The van der Waals surface area contributed by atoms with E-state index < -0.39 is 0 Å². The van der Waals surface area contributed by atoms with Crippen molar-refractivity contribution in [1.82, 2.24) is 5.32 Å². The molecule has 0 radical (unpaired) electrons. The van der Waals surface area contributed by atoms with Crippen molar-refractivity contribution in [1.29, 1.82) is 0 Å². The van der Waals surface area contributed by atoms with Gasteiger partial charge < -0.3 is 15.3 Å². The molecule has 2 N–H and O–H groups in total. The second-order valence-corrected chi connectivity index (χ2v) is 4.24. The number of hydrogen-bond donors (Lipinski definition) is 2. The molecule has 0 saturated heterocycles. The maximum atomic E-state index is 8.70. The van der Waals surface area contributed by atoms with E-state index in [2.05, 4.69) is 41.4 Å². The molecule has 0 amide bonds. The van der Waals surface area contributed by atoms with Crippen molar-refractivity contribution >= 4 is 5.69 Å². The van der Waals surface area contributed by atoms with Gasteiger partial charge in [0.25, 0.3) is 0 Å². The molecule has 0 aliphatic rings. The normalized spacial score (nSPS) is 12.5. The molecule has 1 aromatic rings. The predicted octanol–water partition coefficient (Wildman–Crippen LogP) is 1.79. The molecule has 0 heterocycles. The van der Waals surface area contributed by atoms with Gasteiger partial charge in [-0.05, 0) is 37.6 Å². The highest BCUT2D eigenvalue weighted by molar-refractivity contribution is 5.46. The van der Waals surface area contributed by atoms with E-state index in [9.17, 15) is 0 Å². The molecular formula is C13H22N2O. The van der Waals surface area contributed by atoms with Crippen molar-refractivity contribution in [2.45, 2.75) is 19.4 Å². The van der Waals surface area contributed by atoms with Crippen molar-refractivity contribution in [2.75, 3.05) is 32.1 Å². The van der Waals surface area contributed by atoms with E-state index >= 15 is 0 Å². The van der Waals surface area contributed by atoms with Gasteiger partial charge in [0.1, 0.15) is 0 Å². The number of aliphatic hydroxyl groups excluding tert-OH is 1. The monoisotopic (exact) mass is 222 g/mol. The largest absolute Gasteiger partial charge is 0.396 e. The zero-order chi connectivity index (χ0) is 12.0. The van der Waals surface area contributed by atoms with Gasteiger partial charge in [0, 0.05) is 32.4 Å². The van der Waals surface area contributed by atoms with E-state index in [1.54, 1.807) is 0 Å². The molecule has 0 fully saturated rings. The van der Waals surface area contributed by atoms with Crippen molar-refractivity contribution in [3.63, 3.8) is 0 Å². The first-order valence-electron chi connectivity index (χ1n) is 5.76. The van der Waals surface area contributed by atoms with Crippen LogP contribution in [0.4, 0.5) is 5.69 Å². The average Bonchev–Trinajstić information content (AvgIpc) is 2.29. The molecule has 3 nitrogen and oxygen atoms in total. The highest BCUT2D eigenvalue weighted by Gasteiger charge is 2.04. The third kappa shape index (κ3) is 3.83. The molecule has 0 spiro atoms. The maximum absolute atomic E-state index is 8.70. The molecule has 0 aromatic heterocycles. The number of anilines is 1. The summed E-state index contributed by atoms with van der Waals surface area (Å²) >= 11 is 0. The molecule has 1 unspecified atom stereocenters. The van der Waals surface area contributed by atoms with Crippen LogP contribution in [0.5, 0.6) is 0 Å². The minimum absolute atomic E-state index is 0.249. The molecule has 0 bridgehead atoms. The van der Waals surface area contributed by atoms with Gasteiger partial charge in [-0.1, -0.05) is 12.1 Å². The summed E-state index contributed by atoms with van der Waals surface area (Å²) in [5.74, 6) is 0. The number of nitrogens with zero attached hydrogens (tertiary/aromatic N) is 1. The van der Waals surface area contributed by atoms with Gasteiger partial charge in [-0.25, -0.2) is 0 Å². The van der Waals surface area contributed by atoms with Crippen LogP contribution in [0.25, 0.3) is 0 Å². The third-order valence-corrected chi connectivity index (χ3v) is 2.69. The summed E-state index contributed by atoms with van der Waals surface area (Å²) in [5, 5.41) is 12.1. The van der Waals surface area contributed by atoms with Gasteiger partial charge in [-0.15, -0.1) is 0 Å². The number of hydrogen-bond acceptors (Lipinski definition) is 3. The molecular weight excluding hydrogens is 200 g/mol. The second-order valence-electron chi connectivity index (χ2n) is 4.24. The zero-order valence-electron chi connectivity index (χ0n) is 10.4. The Morgan fingerprint density at radius 2 is 1.88 bits per heavy atom. The van der Waals surface area contributed by atoms with Crippen LogP contribution in [-0.4, -0.2) is 32.4 Å². The standard InChI is InChI=1S/C13H22N2O/c1-11(14-9-4-10-16)12-5-7-13(8-6-12)15(2)3/h5-8,11,14,16H,4,9-10H2,1-3H3. The Hall–Kier alpha value is -1.06. The lowest BCUT2D eigenvalue weighted by Crippen LogP contribution is -2.20. The van der Waals surface area contributed by atoms with Gasteiger partial charge >= 0.3 is 0 Å². The molecule has 3 heteroatoms. The Morgan fingerprint density at radius 1 is 1.25 bits per heavy atom. The van der Waals surface area contributed by atoms with Crippen molar-refractivity contribution in [3.8, 4) is 0 Å². The zero-order valence-corrected chi connectivity index (χ0v) is 10.4. The molecule has 1 atom stereocenters. The van der Waals surface area contributed by atoms with Gasteiger partial charge in [-0.3, -0.25) is 0 Å². The van der Waals surface area contributed by atoms with E-state index in [4.69, 9.17) is 5.11 Å². The lowest BCUT2D eigenvalue weighted by Gasteiger charge is -2.16. The number of nitrogens with one attached hydrogen (secondary N) is 1. The minimum atomic E-state index is 0.249. The van der Waals surface area contributed by atoms with Crippen molar-refractivity contribution < 1.29 is 5.11 Å². The molecule has 90 valence electrons. The topological polar surface area (TPSA) is 35.5 Å². The fourth-order valence-corrected chi connectivity index (χ4v) is 1.58. The van der Waals surface area contributed by atoms with E-state index in [0.717, 1.165) is 13.0 Å². The average molecular weight is 222 g/mol.